The third-order valence-corrected chi connectivity index (χ3v) is 4.55. The third-order valence-electron chi connectivity index (χ3n) is 4.55. The van der Waals surface area contributed by atoms with E-state index in [9.17, 15) is 4.79 Å². The van der Waals surface area contributed by atoms with Gasteiger partial charge in [-0.15, -0.1) is 0 Å². The number of benzene rings is 2. The van der Waals surface area contributed by atoms with Crippen molar-refractivity contribution >= 4 is 33.8 Å². The van der Waals surface area contributed by atoms with Crippen LogP contribution in [-0.2, 0) is 17.6 Å². The van der Waals surface area contributed by atoms with Crippen molar-refractivity contribution in [2.45, 2.75) is 12.8 Å². The van der Waals surface area contributed by atoms with Crippen LogP contribution in [0.4, 0.5) is 4.39 Å². The monoisotopic (exact) mass is 360 g/mol. The summed E-state index contributed by atoms with van der Waals surface area (Å²) in [6, 6.07) is 9.03. The molecule has 0 radical (unpaired) electrons. The summed E-state index contributed by atoms with van der Waals surface area (Å²) in [5.41, 5.74) is 9.26. The predicted octanol–water partition coefficient (Wildman–Crippen LogP) is 3.51. The average molecular weight is 360 g/mol. The van der Waals surface area contributed by atoms with Crippen molar-refractivity contribution in [2.24, 2.45) is 5.73 Å². The smallest absolute Gasteiger partial charge is 0.221 e. The second kappa shape index (κ2) is 6.64. The zero-order valence-electron chi connectivity index (χ0n) is 14.5. The molecule has 2 aromatic carbocycles. The zero-order valence-corrected chi connectivity index (χ0v) is 14.5. The Kier molecular flexibility index (Phi) is 4.16. The number of halogens is 1. The van der Waals surface area contributed by atoms with Gasteiger partial charge in [-0.25, -0.2) is 9.37 Å². The van der Waals surface area contributed by atoms with Gasteiger partial charge in [-0.1, -0.05) is 24.8 Å². The summed E-state index contributed by atoms with van der Waals surface area (Å²) in [5, 5.41) is 1.63. The van der Waals surface area contributed by atoms with Crippen molar-refractivity contribution in [3.8, 4) is 0 Å². The Bertz CT molecular complexity index is 1200. The van der Waals surface area contributed by atoms with Gasteiger partial charge in [-0.05, 0) is 23.8 Å². The van der Waals surface area contributed by atoms with E-state index < -0.39 is 11.7 Å². The number of aromatic amines is 1. The highest BCUT2D eigenvalue weighted by molar-refractivity contribution is 6.10. The molecule has 27 heavy (non-hydrogen) atoms. The Balaban J connectivity index is 1.97. The quantitative estimate of drug-likeness (QED) is 0.571. The Morgan fingerprint density at radius 1 is 1.30 bits per heavy atom. The Morgan fingerprint density at radius 2 is 2.11 bits per heavy atom. The van der Waals surface area contributed by atoms with E-state index in [1.54, 1.807) is 18.5 Å². The second-order valence-corrected chi connectivity index (χ2v) is 6.38. The molecule has 2 aromatic heterocycles. The molecule has 0 bridgehead atoms. The van der Waals surface area contributed by atoms with E-state index in [4.69, 9.17) is 5.73 Å². The fraction of sp³-hybridized carbons (Fsp3) is 0.0952. The highest BCUT2D eigenvalue weighted by Crippen LogP contribution is 2.33. The van der Waals surface area contributed by atoms with Crippen LogP contribution in [-0.4, -0.2) is 20.9 Å². The standard InChI is InChI=1S/C21H17FN4O/c1-2-13-10-24-11-14(25-13)9-16-17(22)7-12(8-19(23)27)21-20(16)15-5-3-4-6-18(15)26-21/h2-7,10-11,26H,1,8-9H2,(H2,23,27). The van der Waals surface area contributed by atoms with Gasteiger partial charge in [0.05, 0.1) is 29.5 Å². The first-order chi connectivity index (χ1) is 13.1. The maximum atomic E-state index is 15.1. The number of nitrogens with one attached hydrogen (secondary N) is 1. The number of nitrogens with two attached hydrogens (primary N) is 1. The minimum atomic E-state index is -0.508. The molecular weight excluding hydrogens is 343 g/mol. The maximum absolute atomic E-state index is 15.1. The molecule has 134 valence electrons. The summed E-state index contributed by atoms with van der Waals surface area (Å²) in [7, 11) is 0. The predicted molar refractivity (Wildman–Crippen MR) is 104 cm³/mol. The summed E-state index contributed by atoms with van der Waals surface area (Å²) in [4.78, 5) is 23.3. The van der Waals surface area contributed by atoms with Gasteiger partial charge in [0.15, 0.2) is 0 Å². The van der Waals surface area contributed by atoms with Crippen molar-refractivity contribution < 1.29 is 9.18 Å². The molecule has 1 amide bonds. The summed E-state index contributed by atoms with van der Waals surface area (Å²) >= 11 is 0. The molecule has 0 unspecified atom stereocenters. The van der Waals surface area contributed by atoms with Crippen molar-refractivity contribution in [3.05, 3.63) is 77.6 Å². The molecule has 6 heteroatoms. The molecule has 4 rings (SSSR count). The van der Waals surface area contributed by atoms with Gasteiger partial charge < -0.3 is 10.7 Å². The SMILES string of the molecule is C=Cc1cncc(Cc2c(F)cc(CC(N)=O)c3[nH]c4ccccc4c23)n1. The highest BCUT2D eigenvalue weighted by Gasteiger charge is 2.19. The second-order valence-electron chi connectivity index (χ2n) is 6.38. The first-order valence-corrected chi connectivity index (χ1v) is 8.49. The fourth-order valence-electron chi connectivity index (χ4n) is 3.42. The molecule has 3 N–H and O–H groups in total. The first kappa shape index (κ1) is 16.9. The van der Waals surface area contributed by atoms with Crippen LogP contribution in [0.3, 0.4) is 0 Å². The lowest BCUT2D eigenvalue weighted by Crippen LogP contribution is -2.14. The highest BCUT2D eigenvalue weighted by atomic mass is 19.1. The van der Waals surface area contributed by atoms with E-state index >= 15 is 4.39 Å². The zero-order chi connectivity index (χ0) is 19.0. The van der Waals surface area contributed by atoms with Gasteiger partial charge in [0, 0.05) is 34.5 Å². The van der Waals surface area contributed by atoms with E-state index in [2.05, 4.69) is 21.5 Å². The average Bonchev–Trinajstić information content (AvgIpc) is 3.04. The Morgan fingerprint density at radius 3 is 2.89 bits per heavy atom. The number of rotatable bonds is 5. The lowest BCUT2D eigenvalue weighted by Gasteiger charge is -2.10. The molecular formula is C21H17FN4O. The van der Waals surface area contributed by atoms with Crippen LogP contribution >= 0.6 is 0 Å². The maximum Gasteiger partial charge on any atom is 0.221 e. The topological polar surface area (TPSA) is 84.7 Å². The molecule has 0 aliphatic heterocycles. The number of carbonyl (C=O) groups excluding carboxylic acids is 1. The van der Waals surface area contributed by atoms with Crippen molar-refractivity contribution in [2.75, 3.05) is 0 Å². The van der Waals surface area contributed by atoms with Crippen LogP contribution in [0.25, 0.3) is 27.9 Å². The van der Waals surface area contributed by atoms with E-state index in [1.165, 1.54) is 6.07 Å². The van der Waals surface area contributed by atoms with Crippen LogP contribution in [0.1, 0.15) is 22.5 Å². The summed E-state index contributed by atoms with van der Waals surface area (Å²) in [6.07, 6.45) is 5.06. The largest absolute Gasteiger partial charge is 0.369 e. The van der Waals surface area contributed by atoms with Gasteiger partial charge in [0.1, 0.15) is 5.82 Å². The Hall–Kier alpha value is -3.54. The van der Waals surface area contributed by atoms with Gasteiger partial charge in [-0.3, -0.25) is 9.78 Å². The number of hydrogen-bond acceptors (Lipinski definition) is 3. The van der Waals surface area contributed by atoms with Crippen LogP contribution in [0.2, 0.25) is 0 Å². The summed E-state index contributed by atoms with van der Waals surface area (Å²) < 4.78 is 15.1. The van der Waals surface area contributed by atoms with Crippen molar-refractivity contribution in [1.29, 1.82) is 0 Å². The lowest BCUT2D eigenvalue weighted by atomic mass is 9.97. The van der Waals surface area contributed by atoms with E-state index in [0.29, 0.717) is 22.5 Å². The number of nitrogens with zero attached hydrogens (tertiary/aromatic N) is 2. The van der Waals surface area contributed by atoms with E-state index in [1.807, 2.05) is 24.3 Å². The molecule has 4 aromatic rings. The number of primary amides is 1. The number of hydrogen-bond donors (Lipinski definition) is 2. The van der Waals surface area contributed by atoms with Crippen LogP contribution in [0, 0.1) is 5.82 Å². The van der Waals surface area contributed by atoms with Gasteiger partial charge >= 0.3 is 0 Å². The molecule has 0 aliphatic rings. The minimum absolute atomic E-state index is 0.0354. The Labute approximate surface area is 154 Å². The molecule has 0 saturated carbocycles. The number of carbonyl (C=O) groups is 1. The van der Waals surface area contributed by atoms with E-state index in [-0.39, 0.29) is 12.8 Å². The molecule has 0 aliphatic carbocycles. The number of aromatic nitrogens is 3. The fourth-order valence-corrected chi connectivity index (χ4v) is 3.42. The first-order valence-electron chi connectivity index (χ1n) is 8.49. The lowest BCUT2D eigenvalue weighted by molar-refractivity contribution is -0.117. The molecule has 0 atom stereocenters. The van der Waals surface area contributed by atoms with Crippen LogP contribution in [0.5, 0.6) is 0 Å². The third kappa shape index (κ3) is 3.06. The number of para-hydroxylation sites is 1. The van der Waals surface area contributed by atoms with E-state index in [0.717, 1.165) is 21.8 Å². The number of H-pyrrole nitrogens is 1. The molecule has 0 saturated heterocycles. The molecule has 0 fully saturated rings. The van der Waals surface area contributed by atoms with Gasteiger partial charge in [-0.2, -0.15) is 0 Å². The summed E-state index contributed by atoms with van der Waals surface area (Å²) in [6.45, 7) is 3.69. The van der Waals surface area contributed by atoms with Crippen LogP contribution in [0.15, 0.2) is 49.3 Å². The summed E-state index contributed by atoms with van der Waals surface area (Å²) in [5.74, 6) is -0.902. The van der Waals surface area contributed by atoms with Crippen molar-refractivity contribution in [1.82, 2.24) is 15.0 Å². The normalized spacial score (nSPS) is 11.1. The number of fused-ring (bicyclic) bond motifs is 3. The van der Waals surface area contributed by atoms with Gasteiger partial charge in [0.2, 0.25) is 5.91 Å². The molecule has 0 spiro atoms. The molecule has 5 nitrogen and oxygen atoms in total. The van der Waals surface area contributed by atoms with Crippen molar-refractivity contribution in [3.63, 3.8) is 0 Å². The minimum Gasteiger partial charge on any atom is -0.369 e. The molecule has 2 heterocycles. The van der Waals surface area contributed by atoms with Gasteiger partial charge in [0.25, 0.3) is 0 Å². The number of amides is 1. The van der Waals surface area contributed by atoms with Crippen LogP contribution < -0.4 is 5.73 Å².